The first-order valence-corrected chi connectivity index (χ1v) is 8.48. The lowest BCUT2D eigenvalue weighted by atomic mass is 10.2. The van der Waals surface area contributed by atoms with E-state index in [1.54, 1.807) is 26.8 Å². The van der Waals surface area contributed by atoms with E-state index in [9.17, 15) is 8.42 Å². The molecule has 114 valence electrons. The molecule has 0 bridgehead atoms. The molecular formula is C14H21ClO4S. The monoisotopic (exact) mass is 320 g/mol. The molecule has 0 amide bonds. The van der Waals surface area contributed by atoms with Gasteiger partial charge in [0.05, 0.1) is 23.5 Å². The van der Waals surface area contributed by atoms with Crippen LogP contribution in [0.1, 0.15) is 26.3 Å². The summed E-state index contributed by atoms with van der Waals surface area (Å²) < 4.78 is 34.0. The van der Waals surface area contributed by atoms with E-state index in [-0.39, 0.29) is 18.2 Å². The smallest absolute Gasteiger partial charge is 0.165 e. The number of rotatable bonds is 6. The van der Waals surface area contributed by atoms with Crippen LogP contribution in [0.15, 0.2) is 18.2 Å². The molecular weight excluding hydrogens is 300 g/mol. The second-order valence-electron chi connectivity index (χ2n) is 5.36. The van der Waals surface area contributed by atoms with Gasteiger partial charge in [0.2, 0.25) is 0 Å². The molecule has 0 atom stereocenters. The topological polar surface area (TPSA) is 52.6 Å². The molecule has 6 heteroatoms. The van der Waals surface area contributed by atoms with Crippen LogP contribution in [0.3, 0.4) is 0 Å². The Morgan fingerprint density at radius 2 is 1.90 bits per heavy atom. The van der Waals surface area contributed by atoms with E-state index in [4.69, 9.17) is 21.1 Å². The number of benzene rings is 1. The number of halogens is 1. The van der Waals surface area contributed by atoms with Gasteiger partial charge in [-0.25, -0.2) is 8.42 Å². The third-order valence-electron chi connectivity index (χ3n) is 2.96. The molecule has 0 heterocycles. The second-order valence-corrected chi connectivity index (χ2v) is 8.49. The molecule has 0 saturated heterocycles. The highest BCUT2D eigenvalue weighted by Gasteiger charge is 2.28. The third kappa shape index (κ3) is 4.03. The Morgan fingerprint density at radius 3 is 2.40 bits per heavy atom. The molecule has 0 aliphatic carbocycles. The first-order chi connectivity index (χ1) is 9.23. The van der Waals surface area contributed by atoms with Crippen LogP contribution >= 0.6 is 11.6 Å². The van der Waals surface area contributed by atoms with Gasteiger partial charge in [-0.1, -0.05) is 12.1 Å². The summed E-state index contributed by atoms with van der Waals surface area (Å²) in [6.45, 7) is 5.10. The summed E-state index contributed by atoms with van der Waals surface area (Å²) in [5.41, 5.74) is 0.777. The number of methoxy groups -OCH3 is 1. The minimum absolute atomic E-state index is 0.0454. The molecule has 0 saturated carbocycles. The number of hydrogen-bond acceptors (Lipinski definition) is 4. The van der Waals surface area contributed by atoms with Gasteiger partial charge in [0.15, 0.2) is 21.3 Å². The van der Waals surface area contributed by atoms with Crippen molar-refractivity contribution in [3.63, 3.8) is 0 Å². The SMILES string of the molecule is COc1cccc(CCl)c1OCCS(=O)(=O)C(C)(C)C. The molecule has 1 rings (SSSR count). The molecule has 0 aliphatic heterocycles. The van der Waals surface area contributed by atoms with E-state index < -0.39 is 14.6 Å². The van der Waals surface area contributed by atoms with Crippen LogP contribution < -0.4 is 9.47 Å². The van der Waals surface area contributed by atoms with Crippen LogP contribution in [0.25, 0.3) is 0 Å². The normalized spacial score (nSPS) is 12.2. The average Bonchev–Trinajstić information content (AvgIpc) is 2.37. The number of sulfone groups is 1. The van der Waals surface area contributed by atoms with E-state index in [2.05, 4.69) is 0 Å². The van der Waals surface area contributed by atoms with Gasteiger partial charge in [0, 0.05) is 5.56 Å². The van der Waals surface area contributed by atoms with E-state index in [0.717, 1.165) is 5.56 Å². The van der Waals surface area contributed by atoms with E-state index in [0.29, 0.717) is 11.5 Å². The Hall–Kier alpha value is -0.940. The van der Waals surface area contributed by atoms with Gasteiger partial charge >= 0.3 is 0 Å². The Bertz CT molecular complexity index is 525. The Balaban J connectivity index is 2.81. The molecule has 0 aromatic heterocycles. The predicted octanol–water partition coefficient (Wildman–Crippen LogP) is 3.03. The number of alkyl halides is 1. The van der Waals surface area contributed by atoms with Crippen molar-refractivity contribution in [2.24, 2.45) is 0 Å². The lowest BCUT2D eigenvalue weighted by Gasteiger charge is -2.20. The molecule has 0 spiro atoms. The first-order valence-electron chi connectivity index (χ1n) is 6.30. The molecule has 1 aromatic rings. The average molecular weight is 321 g/mol. The predicted molar refractivity (Wildman–Crippen MR) is 81.6 cm³/mol. The van der Waals surface area contributed by atoms with Gasteiger partial charge in [-0.05, 0) is 26.8 Å². The van der Waals surface area contributed by atoms with Crippen molar-refractivity contribution in [3.05, 3.63) is 23.8 Å². The van der Waals surface area contributed by atoms with Crippen molar-refractivity contribution in [1.82, 2.24) is 0 Å². The molecule has 0 fully saturated rings. The fraction of sp³-hybridized carbons (Fsp3) is 0.571. The van der Waals surface area contributed by atoms with Crippen LogP contribution in [-0.4, -0.2) is 32.6 Å². The highest BCUT2D eigenvalue weighted by Crippen LogP contribution is 2.32. The van der Waals surface area contributed by atoms with Crippen LogP contribution in [-0.2, 0) is 15.7 Å². The summed E-state index contributed by atoms with van der Waals surface area (Å²) >= 11 is 5.85. The molecule has 0 aliphatic rings. The Morgan fingerprint density at radius 1 is 1.25 bits per heavy atom. The maximum absolute atomic E-state index is 12.0. The van der Waals surface area contributed by atoms with E-state index in [1.807, 2.05) is 12.1 Å². The zero-order chi connectivity index (χ0) is 15.4. The van der Waals surface area contributed by atoms with Gasteiger partial charge < -0.3 is 9.47 Å². The van der Waals surface area contributed by atoms with E-state index >= 15 is 0 Å². The van der Waals surface area contributed by atoms with Gasteiger partial charge in [0.1, 0.15) is 6.61 Å². The van der Waals surface area contributed by atoms with Crippen LogP contribution in [0.5, 0.6) is 11.5 Å². The molecule has 20 heavy (non-hydrogen) atoms. The second kappa shape index (κ2) is 6.68. The zero-order valence-corrected chi connectivity index (χ0v) is 13.8. The quantitative estimate of drug-likeness (QED) is 0.756. The lowest BCUT2D eigenvalue weighted by molar-refractivity contribution is 0.308. The lowest BCUT2D eigenvalue weighted by Crippen LogP contribution is -2.32. The molecule has 0 N–H and O–H groups in total. The zero-order valence-electron chi connectivity index (χ0n) is 12.3. The maximum atomic E-state index is 12.0. The maximum Gasteiger partial charge on any atom is 0.165 e. The van der Waals surface area contributed by atoms with Gasteiger partial charge in [0.25, 0.3) is 0 Å². The number of hydrogen-bond donors (Lipinski definition) is 0. The first kappa shape index (κ1) is 17.1. The number of ether oxygens (including phenoxy) is 2. The molecule has 0 unspecified atom stereocenters. The van der Waals surface area contributed by atoms with Crippen LogP contribution in [0, 0.1) is 0 Å². The fourth-order valence-corrected chi connectivity index (χ4v) is 2.68. The molecule has 0 radical (unpaired) electrons. The highest BCUT2D eigenvalue weighted by molar-refractivity contribution is 7.92. The van der Waals surface area contributed by atoms with Crippen molar-refractivity contribution in [2.45, 2.75) is 31.4 Å². The van der Waals surface area contributed by atoms with Gasteiger partial charge in [-0.2, -0.15) is 0 Å². The number of para-hydroxylation sites is 1. The largest absolute Gasteiger partial charge is 0.493 e. The highest BCUT2D eigenvalue weighted by atomic mass is 35.5. The van der Waals surface area contributed by atoms with Gasteiger partial charge in [-0.15, -0.1) is 11.6 Å². The van der Waals surface area contributed by atoms with Crippen LogP contribution in [0.4, 0.5) is 0 Å². The summed E-state index contributed by atoms with van der Waals surface area (Å²) in [5, 5.41) is 0. The van der Waals surface area contributed by atoms with Crippen molar-refractivity contribution in [1.29, 1.82) is 0 Å². The minimum atomic E-state index is -3.21. The fourth-order valence-electron chi connectivity index (χ4n) is 1.55. The van der Waals surface area contributed by atoms with E-state index in [1.165, 1.54) is 7.11 Å². The summed E-state index contributed by atoms with van der Waals surface area (Å²) in [6.07, 6.45) is 0. The molecule has 4 nitrogen and oxygen atoms in total. The van der Waals surface area contributed by atoms with Crippen molar-refractivity contribution < 1.29 is 17.9 Å². The van der Waals surface area contributed by atoms with Crippen molar-refractivity contribution in [3.8, 4) is 11.5 Å². The summed E-state index contributed by atoms with van der Waals surface area (Å²) in [7, 11) is -1.67. The third-order valence-corrected chi connectivity index (χ3v) is 5.81. The molecule has 1 aromatic carbocycles. The Kier molecular flexibility index (Phi) is 5.71. The van der Waals surface area contributed by atoms with Crippen molar-refractivity contribution in [2.75, 3.05) is 19.5 Å². The summed E-state index contributed by atoms with van der Waals surface area (Å²) in [4.78, 5) is 0. The van der Waals surface area contributed by atoms with Gasteiger partial charge in [-0.3, -0.25) is 0 Å². The standard InChI is InChI=1S/C14H21ClO4S/c1-14(2,3)20(16,17)9-8-19-13-11(10-15)6-5-7-12(13)18-4/h5-7H,8-10H2,1-4H3. The minimum Gasteiger partial charge on any atom is -0.493 e. The summed E-state index contributed by atoms with van der Waals surface area (Å²) in [5.74, 6) is 1.29. The van der Waals surface area contributed by atoms with Crippen molar-refractivity contribution >= 4 is 21.4 Å². The van der Waals surface area contributed by atoms with Crippen LogP contribution in [0.2, 0.25) is 0 Å². The summed E-state index contributed by atoms with van der Waals surface area (Å²) in [6, 6.07) is 5.39. The Labute approximate surface area is 126 Å².